The molecule has 0 radical (unpaired) electrons. The average molecular weight is 299 g/mol. The normalized spacial score (nSPS) is 22.0. The summed E-state index contributed by atoms with van der Waals surface area (Å²) < 4.78 is 5.51. The molecule has 1 amide bonds. The Morgan fingerprint density at radius 1 is 1.23 bits per heavy atom. The zero-order chi connectivity index (χ0) is 15.7. The number of carbonyl (C=O) groups is 1. The topological polar surface area (TPSA) is 29.5 Å². The van der Waals surface area contributed by atoms with E-state index in [0.717, 1.165) is 42.7 Å². The molecule has 0 spiro atoms. The highest BCUT2D eigenvalue weighted by molar-refractivity contribution is 5.88. The Kier molecular flexibility index (Phi) is 4.23. The van der Waals surface area contributed by atoms with Crippen LogP contribution < -0.4 is 4.74 Å². The number of amides is 1. The first-order chi connectivity index (χ1) is 10.6. The van der Waals surface area contributed by atoms with Gasteiger partial charge in [0.2, 0.25) is 5.91 Å². The van der Waals surface area contributed by atoms with Crippen LogP contribution in [0.3, 0.4) is 0 Å². The van der Waals surface area contributed by atoms with Gasteiger partial charge in [0.15, 0.2) is 0 Å². The van der Waals surface area contributed by atoms with Gasteiger partial charge in [0.25, 0.3) is 0 Å². The second kappa shape index (κ2) is 6.15. The Bertz CT molecular complexity index is 618. The van der Waals surface area contributed by atoms with Crippen LogP contribution in [0.25, 0.3) is 0 Å². The summed E-state index contributed by atoms with van der Waals surface area (Å²) in [5.74, 6) is 1.01. The molecule has 1 atom stereocenters. The van der Waals surface area contributed by atoms with Gasteiger partial charge in [-0.25, -0.2) is 0 Å². The second-order valence-corrected chi connectivity index (χ2v) is 6.49. The number of allylic oxidation sites excluding steroid dienone is 1. The van der Waals surface area contributed by atoms with Crippen molar-refractivity contribution in [1.82, 2.24) is 4.90 Å². The molecule has 0 saturated heterocycles. The lowest BCUT2D eigenvalue weighted by Crippen LogP contribution is -2.32. The van der Waals surface area contributed by atoms with E-state index in [1.807, 2.05) is 11.9 Å². The van der Waals surface area contributed by atoms with Crippen LogP contribution in [0.5, 0.6) is 5.75 Å². The maximum absolute atomic E-state index is 12.9. The zero-order valence-electron chi connectivity index (χ0n) is 13.8. The van der Waals surface area contributed by atoms with E-state index in [-0.39, 0.29) is 11.8 Å². The highest BCUT2D eigenvalue weighted by Gasteiger charge is 2.32. The molecule has 0 aromatic heterocycles. The van der Waals surface area contributed by atoms with Gasteiger partial charge in [-0.15, -0.1) is 0 Å². The summed E-state index contributed by atoms with van der Waals surface area (Å²) in [5, 5.41) is 0. The van der Waals surface area contributed by atoms with Crippen molar-refractivity contribution in [2.24, 2.45) is 0 Å². The number of likely N-dealkylation sites (N-methyl/N-ethyl adjacent to an activating group) is 1. The lowest BCUT2D eigenvalue weighted by molar-refractivity contribution is -0.130. The van der Waals surface area contributed by atoms with Crippen LogP contribution in [0.4, 0.5) is 0 Å². The Labute approximate surface area is 133 Å². The van der Waals surface area contributed by atoms with Gasteiger partial charge in [-0.1, -0.05) is 17.7 Å². The maximum atomic E-state index is 12.9. The van der Waals surface area contributed by atoms with Crippen LogP contribution in [-0.2, 0) is 11.2 Å². The lowest BCUT2D eigenvalue weighted by atomic mass is 9.81. The fourth-order valence-corrected chi connectivity index (χ4v) is 3.70. The number of aryl methyl sites for hydroxylation is 1. The average Bonchev–Trinajstić information content (AvgIpc) is 2.65. The van der Waals surface area contributed by atoms with Crippen LogP contribution in [0.15, 0.2) is 23.8 Å². The van der Waals surface area contributed by atoms with Crippen molar-refractivity contribution in [3.63, 3.8) is 0 Å². The van der Waals surface area contributed by atoms with Gasteiger partial charge in [-0.3, -0.25) is 4.79 Å². The van der Waals surface area contributed by atoms with Crippen LogP contribution in [0, 0.1) is 6.92 Å². The molecule has 1 heterocycles. The van der Waals surface area contributed by atoms with Crippen molar-refractivity contribution < 1.29 is 9.53 Å². The largest absolute Gasteiger partial charge is 0.496 e. The molecule has 118 valence electrons. The molecule has 1 aliphatic carbocycles. The Morgan fingerprint density at radius 2 is 2.05 bits per heavy atom. The molecule has 1 unspecified atom stereocenters. The molecular formula is C19H25NO2. The van der Waals surface area contributed by atoms with Gasteiger partial charge in [0.05, 0.1) is 13.0 Å². The minimum Gasteiger partial charge on any atom is -0.496 e. The first-order valence-electron chi connectivity index (χ1n) is 8.23. The Morgan fingerprint density at radius 3 is 2.73 bits per heavy atom. The summed E-state index contributed by atoms with van der Waals surface area (Å²) in [6.45, 7) is 2.87. The molecule has 0 fully saturated rings. The third-order valence-electron chi connectivity index (χ3n) is 5.00. The van der Waals surface area contributed by atoms with E-state index in [1.54, 1.807) is 7.11 Å². The van der Waals surface area contributed by atoms with Crippen molar-refractivity contribution in [3.05, 3.63) is 40.5 Å². The van der Waals surface area contributed by atoms with Crippen molar-refractivity contribution >= 4 is 5.91 Å². The summed E-state index contributed by atoms with van der Waals surface area (Å²) in [6.07, 6.45) is 7.79. The number of fused-ring (bicyclic) bond motifs is 1. The highest BCUT2D eigenvalue weighted by Crippen LogP contribution is 2.39. The maximum Gasteiger partial charge on any atom is 0.233 e. The number of methoxy groups -OCH3 is 1. The molecule has 1 aromatic carbocycles. The number of rotatable bonds is 2. The molecule has 1 aromatic rings. The van der Waals surface area contributed by atoms with E-state index in [9.17, 15) is 4.79 Å². The minimum absolute atomic E-state index is 0.114. The van der Waals surface area contributed by atoms with E-state index >= 15 is 0 Å². The smallest absolute Gasteiger partial charge is 0.233 e. The predicted octanol–water partition coefficient (Wildman–Crippen LogP) is 3.60. The van der Waals surface area contributed by atoms with E-state index in [4.69, 9.17) is 4.74 Å². The molecule has 3 heteroatoms. The third-order valence-corrected chi connectivity index (χ3v) is 5.00. The molecule has 0 N–H and O–H groups in total. The summed E-state index contributed by atoms with van der Waals surface area (Å²) in [4.78, 5) is 14.8. The minimum atomic E-state index is -0.114. The van der Waals surface area contributed by atoms with Crippen molar-refractivity contribution in [2.75, 3.05) is 20.7 Å². The highest BCUT2D eigenvalue weighted by atomic mass is 16.5. The molecule has 2 aliphatic rings. The van der Waals surface area contributed by atoms with Crippen LogP contribution in [0.2, 0.25) is 0 Å². The second-order valence-electron chi connectivity index (χ2n) is 6.49. The number of nitrogens with zero attached hydrogens (tertiary/aromatic N) is 1. The quantitative estimate of drug-likeness (QED) is 0.781. The van der Waals surface area contributed by atoms with Gasteiger partial charge in [0.1, 0.15) is 5.75 Å². The zero-order valence-corrected chi connectivity index (χ0v) is 13.8. The fourth-order valence-electron chi connectivity index (χ4n) is 3.70. The summed E-state index contributed by atoms with van der Waals surface area (Å²) >= 11 is 0. The number of benzene rings is 1. The molecular weight excluding hydrogens is 274 g/mol. The van der Waals surface area contributed by atoms with E-state index in [2.05, 4.69) is 25.1 Å². The number of carbonyl (C=O) groups excluding carboxylic acids is 1. The lowest BCUT2D eigenvalue weighted by Gasteiger charge is -2.26. The van der Waals surface area contributed by atoms with Crippen LogP contribution in [-0.4, -0.2) is 31.5 Å². The molecule has 1 aliphatic heterocycles. The first-order valence-corrected chi connectivity index (χ1v) is 8.23. The number of hydrogen-bond donors (Lipinski definition) is 0. The first kappa shape index (κ1) is 15.1. The van der Waals surface area contributed by atoms with E-state index in [1.165, 1.54) is 24.0 Å². The molecule has 3 nitrogen and oxygen atoms in total. The van der Waals surface area contributed by atoms with E-state index < -0.39 is 0 Å². The predicted molar refractivity (Wildman–Crippen MR) is 88.4 cm³/mol. The van der Waals surface area contributed by atoms with Gasteiger partial charge in [0, 0.05) is 13.6 Å². The van der Waals surface area contributed by atoms with Gasteiger partial charge < -0.3 is 9.64 Å². The number of ether oxygens (including phenoxy) is 1. The molecule has 0 saturated carbocycles. The van der Waals surface area contributed by atoms with Crippen LogP contribution in [0.1, 0.15) is 48.3 Å². The molecule has 22 heavy (non-hydrogen) atoms. The summed E-state index contributed by atoms with van der Waals surface area (Å²) in [6, 6.07) is 4.30. The van der Waals surface area contributed by atoms with Gasteiger partial charge >= 0.3 is 0 Å². The van der Waals surface area contributed by atoms with Gasteiger partial charge in [-0.05, 0) is 61.8 Å². The summed E-state index contributed by atoms with van der Waals surface area (Å²) in [7, 11) is 3.63. The fraction of sp³-hybridized carbons (Fsp3) is 0.526. The van der Waals surface area contributed by atoms with Gasteiger partial charge in [-0.2, -0.15) is 0 Å². The molecule has 0 bridgehead atoms. The SMILES string of the molecule is COc1cc2c(cc1C)CCN(C)C(=O)C2C1=CCCCC1. The summed E-state index contributed by atoms with van der Waals surface area (Å²) in [5.41, 5.74) is 4.91. The van der Waals surface area contributed by atoms with E-state index in [0.29, 0.717) is 0 Å². The Hall–Kier alpha value is -1.77. The van der Waals surface area contributed by atoms with Crippen molar-refractivity contribution in [1.29, 1.82) is 0 Å². The third kappa shape index (κ3) is 2.65. The monoisotopic (exact) mass is 299 g/mol. The van der Waals surface area contributed by atoms with Crippen molar-refractivity contribution in [2.45, 2.75) is 44.9 Å². The number of hydrogen-bond acceptors (Lipinski definition) is 2. The van der Waals surface area contributed by atoms with Crippen LogP contribution >= 0.6 is 0 Å². The standard InChI is InChI=1S/C19H25NO2/c1-13-11-15-9-10-20(2)19(21)18(14-7-5-4-6-8-14)16(15)12-17(13)22-3/h7,11-12,18H,4-6,8-10H2,1-3H3. The molecule has 3 rings (SSSR count). The Balaban J connectivity index is 2.13. The van der Waals surface area contributed by atoms with Crippen molar-refractivity contribution in [3.8, 4) is 5.75 Å².